The smallest absolute Gasteiger partial charge is 0.258 e. The summed E-state index contributed by atoms with van der Waals surface area (Å²) >= 11 is 1.61. The lowest BCUT2D eigenvalue weighted by atomic mass is 10.2. The summed E-state index contributed by atoms with van der Waals surface area (Å²) in [7, 11) is 0. The van der Waals surface area contributed by atoms with E-state index in [1.807, 2.05) is 41.8 Å². The summed E-state index contributed by atoms with van der Waals surface area (Å²) in [6, 6.07) is 14.8. The Labute approximate surface area is 135 Å². The molecule has 7 heteroatoms. The molecule has 6 nitrogen and oxygen atoms in total. The molecule has 0 atom stereocenters. The number of carbonyl (C=O) groups excluding carboxylic acids is 1. The fourth-order valence-corrected chi connectivity index (χ4v) is 2.96. The van der Waals surface area contributed by atoms with E-state index >= 15 is 0 Å². The van der Waals surface area contributed by atoms with Crippen LogP contribution in [0.1, 0.15) is 10.4 Å². The standard InChI is InChI=1S/C16H11N5OS/c22-14(11-5-2-1-3-6-11)18-15-19-16-17-9-8-12(21(16)20-15)13-7-4-10-23-13/h1-10H,(H,18,20,22). The van der Waals surface area contributed by atoms with Crippen molar-refractivity contribution >= 4 is 29.0 Å². The Bertz CT molecular complexity index is 963. The van der Waals surface area contributed by atoms with E-state index in [0.717, 1.165) is 10.6 Å². The van der Waals surface area contributed by atoms with Crippen LogP contribution in [0, 0.1) is 0 Å². The van der Waals surface area contributed by atoms with Crippen LogP contribution in [0.4, 0.5) is 5.95 Å². The predicted octanol–water partition coefficient (Wildman–Crippen LogP) is 3.11. The highest BCUT2D eigenvalue weighted by molar-refractivity contribution is 7.13. The third-order valence-electron chi connectivity index (χ3n) is 3.28. The molecule has 0 aliphatic carbocycles. The second kappa shape index (κ2) is 5.62. The van der Waals surface area contributed by atoms with Crippen molar-refractivity contribution in [3.05, 3.63) is 65.7 Å². The Balaban J connectivity index is 1.70. The van der Waals surface area contributed by atoms with Gasteiger partial charge in [0.2, 0.25) is 0 Å². The van der Waals surface area contributed by atoms with E-state index < -0.39 is 0 Å². The number of rotatable bonds is 3. The molecule has 3 aromatic heterocycles. The van der Waals surface area contributed by atoms with Gasteiger partial charge in [0, 0.05) is 11.8 Å². The molecule has 0 unspecified atom stereocenters. The molecule has 1 aromatic carbocycles. The van der Waals surface area contributed by atoms with Crippen LogP contribution in [0.5, 0.6) is 0 Å². The van der Waals surface area contributed by atoms with Gasteiger partial charge in [0.25, 0.3) is 17.6 Å². The quantitative estimate of drug-likeness (QED) is 0.629. The molecule has 4 aromatic rings. The average Bonchev–Trinajstić information content (AvgIpc) is 3.24. The van der Waals surface area contributed by atoms with E-state index in [1.165, 1.54) is 0 Å². The Morgan fingerprint density at radius 3 is 2.74 bits per heavy atom. The van der Waals surface area contributed by atoms with Gasteiger partial charge in [-0.15, -0.1) is 16.4 Å². The molecular weight excluding hydrogens is 310 g/mol. The number of aromatic nitrogens is 4. The molecular formula is C16H11N5OS. The summed E-state index contributed by atoms with van der Waals surface area (Å²) in [5.74, 6) is 0.425. The summed E-state index contributed by atoms with van der Waals surface area (Å²) < 4.78 is 1.63. The Morgan fingerprint density at radius 2 is 1.96 bits per heavy atom. The molecule has 0 radical (unpaired) electrons. The van der Waals surface area contributed by atoms with E-state index in [0.29, 0.717) is 11.3 Å². The van der Waals surface area contributed by atoms with Gasteiger partial charge in [-0.2, -0.15) is 9.50 Å². The van der Waals surface area contributed by atoms with Crippen LogP contribution >= 0.6 is 11.3 Å². The second-order valence-corrected chi connectivity index (χ2v) is 5.72. The van der Waals surface area contributed by atoms with Crippen molar-refractivity contribution in [1.29, 1.82) is 0 Å². The zero-order chi connectivity index (χ0) is 15.6. The average molecular weight is 321 g/mol. The molecule has 0 bridgehead atoms. The zero-order valence-corrected chi connectivity index (χ0v) is 12.7. The van der Waals surface area contributed by atoms with Crippen LogP contribution in [0.2, 0.25) is 0 Å². The third-order valence-corrected chi connectivity index (χ3v) is 4.17. The predicted molar refractivity (Wildman–Crippen MR) is 88.5 cm³/mol. The van der Waals surface area contributed by atoms with E-state index in [9.17, 15) is 4.79 Å². The maximum atomic E-state index is 12.2. The highest BCUT2D eigenvalue weighted by Crippen LogP contribution is 2.24. The Morgan fingerprint density at radius 1 is 1.09 bits per heavy atom. The minimum absolute atomic E-state index is 0.232. The summed E-state index contributed by atoms with van der Waals surface area (Å²) in [6.45, 7) is 0. The van der Waals surface area contributed by atoms with E-state index in [-0.39, 0.29) is 11.9 Å². The van der Waals surface area contributed by atoms with Crippen molar-refractivity contribution in [3.63, 3.8) is 0 Å². The van der Waals surface area contributed by atoms with Gasteiger partial charge < -0.3 is 0 Å². The fourth-order valence-electron chi connectivity index (χ4n) is 2.22. The fraction of sp³-hybridized carbons (Fsp3) is 0. The minimum atomic E-state index is -0.251. The van der Waals surface area contributed by atoms with Gasteiger partial charge in [0.1, 0.15) is 0 Å². The first-order valence-electron chi connectivity index (χ1n) is 6.93. The molecule has 3 heterocycles. The summed E-state index contributed by atoms with van der Waals surface area (Å²) in [5.41, 5.74) is 1.44. The maximum Gasteiger partial charge on any atom is 0.258 e. The molecule has 0 aliphatic rings. The summed E-state index contributed by atoms with van der Waals surface area (Å²) in [5, 5.41) is 9.05. The van der Waals surface area contributed by atoms with Crippen molar-refractivity contribution in [3.8, 4) is 10.6 Å². The van der Waals surface area contributed by atoms with Crippen LogP contribution in [-0.2, 0) is 0 Å². The number of anilines is 1. The molecule has 112 valence electrons. The number of hydrogen-bond donors (Lipinski definition) is 1. The number of thiophene rings is 1. The number of benzene rings is 1. The molecule has 0 saturated heterocycles. The van der Waals surface area contributed by atoms with Gasteiger partial charge in [-0.3, -0.25) is 10.1 Å². The highest BCUT2D eigenvalue weighted by Gasteiger charge is 2.13. The lowest BCUT2D eigenvalue weighted by molar-refractivity contribution is 0.102. The summed E-state index contributed by atoms with van der Waals surface area (Å²) in [6.07, 6.45) is 1.68. The lowest BCUT2D eigenvalue weighted by Crippen LogP contribution is -2.12. The van der Waals surface area contributed by atoms with Gasteiger partial charge in [-0.05, 0) is 29.6 Å². The first-order chi connectivity index (χ1) is 11.3. The zero-order valence-electron chi connectivity index (χ0n) is 11.9. The highest BCUT2D eigenvalue weighted by atomic mass is 32.1. The maximum absolute atomic E-state index is 12.2. The van der Waals surface area contributed by atoms with Crippen molar-refractivity contribution in [2.45, 2.75) is 0 Å². The number of nitrogens with zero attached hydrogens (tertiary/aromatic N) is 4. The van der Waals surface area contributed by atoms with E-state index in [4.69, 9.17) is 0 Å². The number of carbonyl (C=O) groups is 1. The topological polar surface area (TPSA) is 72.2 Å². The van der Waals surface area contributed by atoms with Crippen molar-refractivity contribution < 1.29 is 4.79 Å². The van der Waals surface area contributed by atoms with Crippen LogP contribution in [0.3, 0.4) is 0 Å². The molecule has 0 spiro atoms. The monoisotopic (exact) mass is 321 g/mol. The van der Waals surface area contributed by atoms with Crippen LogP contribution in [0.15, 0.2) is 60.1 Å². The second-order valence-electron chi connectivity index (χ2n) is 4.77. The minimum Gasteiger partial charge on any atom is -0.289 e. The first kappa shape index (κ1) is 13.6. The number of hydrogen-bond acceptors (Lipinski definition) is 5. The number of amides is 1. The van der Waals surface area contributed by atoms with Gasteiger partial charge >= 0.3 is 0 Å². The van der Waals surface area contributed by atoms with Crippen LogP contribution in [-0.4, -0.2) is 25.5 Å². The van der Waals surface area contributed by atoms with Gasteiger partial charge in [-0.1, -0.05) is 24.3 Å². The third kappa shape index (κ3) is 2.58. The molecule has 23 heavy (non-hydrogen) atoms. The Kier molecular flexibility index (Phi) is 3.32. The number of nitrogens with one attached hydrogen (secondary N) is 1. The van der Waals surface area contributed by atoms with E-state index in [1.54, 1.807) is 34.2 Å². The molecule has 0 fully saturated rings. The molecule has 1 N–H and O–H groups in total. The van der Waals surface area contributed by atoms with Crippen LogP contribution < -0.4 is 5.32 Å². The molecule has 1 amide bonds. The SMILES string of the molecule is O=C(Nc1nc2nccc(-c3cccs3)n2n1)c1ccccc1. The van der Waals surface area contributed by atoms with Crippen LogP contribution in [0.25, 0.3) is 16.3 Å². The summed E-state index contributed by atoms with van der Waals surface area (Å²) in [4.78, 5) is 21.7. The van der Waals surface area contributed by atoms with Crippen molar-refractivity contribution in [1.82, 2.24) is 19.6 Å². The molecule has 0 aliphatic heterocycles. The first-order valence-corrected chi connectivity index (χ1v) is 7.81. The molecule has 4 rings (SSSR count). The van der Waals surface area contributed by atoms with Gasteiger partial charge in [0.05, 0.1) is 10.6 Å². The normalized spacial score (nSPS) is 10.8. The van der Waals surface area contributed by atoms with Crippen molar-refractivity contribution in [2.24, 2.45) is 0 Å². The molecule has 0 saturated carbocycles. The largest absolute Gasteiger partial charge is 0.289 e. The van der Waals surface area contributed by atoms with Crippen molar-refractivity contribution in [2.75, 3.05) is 5.32 Å². The van der Waals surface area contributed by atoms with Gasteiger partial charge in [-0.25, -0.2) is 4.98 Å². The number of fused-ring (bicyclic) bond motifs is 1. The Hall–Kier alpha value is -3.06. The lowest BCUT2D eigenvalue weighted by Gasteiger charge is -2.00. The van der Waals surface area contributed by atoms with E-state index in [2.05, 4.69) is 20.4 Å². The van der Waals surface area contributed by atoms with Gasteiger partial charge in [0.15, 0.2) is 0 Å².